The number of ether oxygens (including phenoxy) is 1. The van der Waals surface area contributed by atoms with Gasteiger partial charge in [0.15, 0.2) is 0 Å². The second-order valence-corrected chi connectivity index (χ2v) is 6.35. The number of para-hydroxylation sites is 1. The van der Waals surface area contributed by atoms with Crippen molar-refractivity contribution in [1.82, 2.24) is 5.32 Å². The second kappa shape index (κ2) is 8.53. The van der Waals surface area contributed by atoms with Crippen LogP contribution >= 0.6 is 0 Å². The fourth-order valence-electron chi connectivity index (χ4n) is 2.78. The zero-order chi connectivity index (χ0) is 17.5. The lowest BCUT2D eigenvalue weighted by atomic mass is 9.96. The maximum absolute atomic E-state index is 12.1. The van der Waals surface area contributed by atoms with Crippen molar-refractivity contribution in [1.29, 1.82) is 0 Å². The van der Waals surface area contributed by atoms with Crippen LogP contribution in [0.2, 0.25) is 0 Å². The Morgan fingerprint density at radius 1 is 1.04 bits per heavy atom. The summed E-state index contributed by atoms with van der Waals surface area (Å²) in [5.74, 6) is 0.911. The molecular formula is C21H27NO2. The first kappa shape index (κ1) is 18.1. The number of hydrogen-bond acceptors (Lipinski definition) is 2. The molecule has 24 heavy (non-hydrogen) atoms. The third-order valence-electron chi connectivity index (χ3n) is 4.29. The van der Waals surface area contributed by atoms with Crippen LogP contribution in [0.4, 0.5) is 0 Å². The Bertz CT molecular complexity index is 680. The Labute approximate surface area is 145 Å². The van der Waals surface area contributed by atoms with Crippen LogP contribution in [0.15, 0.2) is 42.5 Å². The lowest BCUT2D eigenvalue weighted by Crippen LogP contribution is -2.27. The standard InChI is InChI=1S/C21H27NO2/c1-15-13-17(3)20(14-16(15)2)18(4)22-21(23)11-8-12-24-19-9-6-5-7-10-19/h5-7,9-10,13-14,18H,8,11-12H2,1-4H3,(H,22,23). The molecule has 1 amide bonds. The number of carbonyl (C=O) groups excluding carboxylic acids is 1. The van der Waals surface area contributed by atoms with E-state index in [9.17, 15) is 4.79 Å². The normalized spacial score (nSPS) is 11.8. The van der Waals surface area contributed by atoms with E-state index in [4.69, 9.17) is 4.74 Å². The summed E-state index contributed by atoms with van der Waals surface area (Å²) in [6, 6.07) is 14.1. The van der Waals surface area contributed by atoms with E-state index in [1.807, 2.05) is 37.3 Å². The Morgan fingerprint density at radius 2 is 1.71 bits per heavy atom. The highest BCUT2D eigenvalue weighted by Gasteiger charge is 2.12. The fourth-order valence-corrected chi connectivity index (χ4v) is 2.78. The molecule has 0 spiro atoms. The van der Waals surface area contributed by atoms with Crippen molar-refractivity contribution in [3.63, 3.8) is 0 Å². The van der Waals surface area contributed by atoms with Crippen LogP contribution < -0.4 is 10.1 Å². The van der Waals surface area contributed by atoms with Crippen molar-refractivity contribution in [3.05, 3.63) is 64.7 Å². The third-order valence-corrected chi connectivity index (χ3v) is 4.29. The molecule has 0 saturated heterocycles. The minimum Gasteiger partial charge on any atom is -0.494 e. The van der Waals surface area contributed by atoms with Crippen LogP contribution in [0, 0.1) is 20.8 Å². The van der Waals surface area contributed by atoms with Crippen molar-refractivity contribution < 1.29 is 9.53 Å². The maximum Gasteiger partial charge on any atom is 0.220 e. The smallest absolute Gasteiger partial charge is 0.220 e. The number of rotatable bonds is 7. The van der Waals surface area contributed by atoms with Gasteiger partial charge in [0.25, 0.3) is 0 Å². The van der Waals surface area contributed by atoms with Crippen LogP contribution in [0.25, 0.3) is 0 Å². The van der Waals surface area contributed by atoms with Gasteiger partial charge >= 0.3 is 0 Å². The molecule has 128 valence electrons. The zero-order valence-electron chi connectivity index (χ0n) is 15.1. The van der Waals surface area contributed by atoms with E-state index in [0.717, 1.165) is 5.75 Å². The van der Waals surface area contributed by atoms with Crippen LogP contribution in [0.1, 0.15) is 48.1 Å². The molecule has 1 N–H and O–H groups in total. The van der Waals surface area contributed by atoms with Crippen molar-refractivity contribution in [3.8, 4) is 5.75 Å². The Hall–Kier alpha value is -2.29. The van der Waals surface area contributed by atoms with Gasteiger partial charge in [-0.1, -0.05) is 30.3 Å². The quantitative estimate of drug-likeness (QED) is 0.753. The summed E-state index contributed by atoms with van der Waals surface area (Å²) >= 11 is 0. The molecule has 0 aliphatic rings. The first-order valence-corrected chi connectivity index (χ1v) is 8.52. The molecule has 0 aromatic heterocycles. The number of hydrogen-bond donors (Lipinski definition) is 1. The minimum absolute atomic E-state index is 0.0202. The van der Waals surface area contributed by atoms with E-state index in [-0.39, 0.29) is 11.9 Å². The third kappa shape index (κ3) is 5.12. The van der Waals surface area contributed by atoms with Gasteiger partial charge in [-0.3, -0.25) is 4.79 Å². The predicted molar refractivity (Wildman–Crippen MR) is 98.4 cm³/mol. The Kier molecular flexibility index (Phi) is 6.42. The van der Waals surface area contributed by atoms with Gasteiger partial charge in [0.1, 0.15) is 5.75 Å². The molecule has 0 fully saturated rings. The molecule has 3 nitrogen and oxygen atoms in total. The lowest BCUT2D eigenvalue weighted by molar-refractivity contribution is -0.121. The van der Waals surface area contributed by atoms with Crippen molar-refractivity contribution >= 4 is 5.91 Å². The first-order valence-electron chi connectivity index (χ1n) is 8.52. The average Bonchev–Trinajstić information content (AvgIpc) is 2.56. The number of benzene rings is 2. The van der Waals surface area contributed by atoms with E-state index < -0.39 is 0 Å². The summed E-state index contributed by atoms with van der Waals surface area (Å²) < 4.78 is 5.61. The average molecular weight is 325 g/mol. The van der Waals surface area contributed by atoms with Crippen molar-refractivity contribution in [2.45, 2.75) is 46.6 Å². The Balaban J connectivity index is 1.78. The molecule has 2 aromatic carbocycles. The van der Waals surface area contributed by atoms with Gasteiger partial charge in [0.05, 0.1) is 12.6 Å². The summed E-state index contributed by atoms with van der Waals surface area (Å²) in [4.78, 5) is 12.1. The molecule has 3 heteroatoms. The molecule has 2 rings (SSSR count). The van der Waals surface area contributed by atoms with Gasteiger partial charge in [-0.05, 0) is 68.5 Å². The monoisotopic (exact) mass is 325 g/mol. The molecule has 0 heterocycles. The molecular weight excluding hydrogens is 298 g/mol. The molecule has 0 aliphatic carbocycles. The van der Waals surface area contributed by atoms with E-state index in [0.29, 0.717) is 19.4 Å². The van der Waals surface area contributed by atoms with Crippen LogP contribution in [-0.2, 0) is 4.79 Å². The minimum atomic E-state index is 0.0202. The highest BCUT2D eigenvalue weighted by molar-refractivity contribution is 5.76. The SMILES string of the molecule is Cc1cc(C)c(C(C)NC(=O)CCCOc2ccccc2)cc1C. The predicted octanol–water partition coefficient (Wildman–Crippen LogP) is 4.65. The second-order valence-electron chi connectivity index (χ2n) is 6.35. The molecule has 2 aromatic rings. The van der Waals surface area contributed by atoms with E-state index in [1.54, 1.807) is 0 Å². The van der Waals surface area contributed by atoms with Crippen LogP contribution in [0.3, 0.4) is 0 Å². The maximum atomic E-state index is 12.1. The molecule has 0 aliphatic heterocycles. The molecule has 1 atom stereocenters. The highest BCUT2D eigenvalue weighted by Crippen LogP contribution is 2.21. The van der Waals surface area contributed by atoms with Gasteiger partial charge in [-0.25, -0.2) is 0 Å². The largest absolute Gasteiger partial charge is 0.494 e. The lowest BCUT2D eigenvalue weighted by Gasteiger charge is -2.18. The fraction of sp³-hybridized carbons (Fsp3) is 0.381. The van der Waals surface area contributed by atoms with Gasteiger partial charge in [-0.2, -0.15) is 0 Å². The number of aryl methyl sites for hydroxylation is 3. The van der Waals surface area contributed by atoms with Crippen LogP contribution in [-0.4, -0.2) is 12.5 Å². The summed E-state index contributed by atoms with van der Waals surface area (Å²) in [6.45, 7) is 8.90. The summed E-state index contributed by atoms with van der Waals surface area (Å²) in [5.41, 5.74) is 4.95. The van der Waals surface area contributed by atoms with Crippen molar-refractivity contribution in [2.75, 3.05) is 6.61 Å². The topological polar surface area (TPSA) is 38.3 Å². The van der Waals surface area contributed by atoms with Gasteiger partial charge < -0.3 is 10.1 Å². The van der Waals surface area contributed by atoms with E-state index in [1.165, 1.54) is 22.3 Å². The summed E-state index contributed by atoms with van der Waals surface area (Å²) in [7, 11) is 0. The van der Waals surface area contributed by atoms with E-state index >= 15 is 0 Å². The molecule has 0 radical (unpaired) electrons. The van der Waals surface area contributed by atoms with Gasteiger partial charge in [0.2, 0.25) is 5.91 Å². The number of carbonyl (C=O) groups is 1. The Morgan fingerprint density at radius 3 is 2.42 bits per heavy atom. The summed E-state index contributed by atoms with van der Waals surface area (Å²) in [6.07, 6.45) is 1.18. The highest BCUT2D eigenvalue weighted by atomic mass is 16.5. The number of amides is 1. The van der Waals surface area contributed by atoms with E-state index in [2.05, 4.69) is 38.2 Å². The van der Waals surface area contributed by atoms with Gasteiger partial charge in [-0.15, -0.1) is 0 Å². The zero-order valence-corrected chi connectivity index (χ0v) is 15.1. The van der Waals surface area contributed by atoms with Crippen molar-refractivity contribution in [2.24, 2.45) is 0 Å². The number of nitrogens with one attached hydrogen (secondary N) is 1. The molecule has 0 bridgehead atoms. The van der Waals surface area contributed by atoms with Gasteiger partial charge in [0, 0.05) is 6.42 Å². The molecule has 1 unspecified atom stereocenters. The van der Waals surface area contributed by atoms with Crippen LogP contribution in [0.5, 0.6) is 5.75 Å². The first-order chi connectivity index (χ1) is 11.5. The summed E-state index contributed by atoms with van der Waals surface area (Å²) in [5, 5.41) is 3.09. The molecule has 0 saturated carbocycles.